The lowest BCUT2D eigenvalue weighted by atomic mass is 10.2. The van der Waals surface area contributed by atoms with Crippen LogP contribution >= 0.6 is 11.6 Å². The summed E-state index contributed by atoms with van der Waals surface area (Å²) in [6.45, 7) is 3.35. The third kappa shape index (κ3) is 3.91. The van der Waals surface area contributed by atoms with Crippen molar-refractivity contribution in [3.05, 3.63) is 23.2 Å². The third-order valence-electron chi connectivity index (χ3n) is 4.29. The molecular weight excluding hydrogens is 359 g/mol. The van der Waals surface area contributed by atoms with Gasteiger partial charge < -0.3 is 14.0 Å². The summed E-state index contributed by atoms with van der Waals surface area (Å²) in [6, 6.07) is -0.385. The van der Waals surface area contributed by atoms with Crippen molar-refractivity contribution in [1.29, 1.82) is 0 Å². The van der Waals surface area contributed by atoms with Crippen molar-refractivity contribution in [3.63, 3.8) is 0 Å². The quantitative estimate of drug-likeness (QED) is 0.717. The molecule has 1 aliphatic rings. The van der Waals surface area contributed by atoms with E-state index in [1.54, 1.807) is 6.92 Å². The molecule has 25 heavy (non-hydrogen) atoms. The number of pyridine rings is 1. The lowest BCUT2D eigenvalue weighted by Crippen LogP contribution is -2.28. The summed E-state index contributed by atoms with van der Waals surface area (Å²) >= 11 is 5.87. The monoisotopic (exact) mass is 377 g/mol. The maximum absolute atomic E-state index is 13.4. The van der Waals surface area contributed by atoms with E-state index in [1.807, 2.05) is 0 Å². The van der Waals surface area contributed by atoms with Crippen molar-refractivity contribution in [2.75, 3.05) is 6.61 Å². The second kappa shape index (κ2) is 7.09. The molecule has 0 aromatic carbocycles. The van der Waals surface area contributed by atoms with Gasteiger partial charge in [-0.25, -0.2) is 9.97 Å². The molecule has 5 nitrogen and oxygen atoms in total. The standard InChI is InChI=1S/C16H19ClF3N3O2/c1-9(25-14-5-3-4-6-24-14)15-22-11-8-21-13(17)7-12(11)23(15)10(2)16(18,19)20/h7-10,14H,3-6H2,1-2H3/t9?,10-,14-/m1/s1. The van der Waals surface area contributed by atoms with Gasteiger partial charge in [0.25, 0.3) is 0 Å². The fourth-order valence-corrected chi connectivity index (χ4v) is 3.09. The normalized spacial score (nSPS) is 21.4. The highest BCUT2D eigenvalue weighted by molar-refractivity contribution is 6.29. The van der Waals surface area contributed by atoms with Crippen LogP contribution in [0.2, 0.25) is 5.15 Å². The zero-order chi connectivity index (χ0) is 18.2. The van der Waals surface area contributed by atoms with Gasteiger partial charge in [-0.2, -0.15) is 13.2 Å². The Balaban J connectivity index is 2.00. The first kappa shape index (κ1) is 18.4. The van der Waals surface area contributed by atoms with Gasteiger partial charge in [-0.3, -0.25) is 0 Å². The first-order chi connectivity index (χ1) is 11.8. The first-order valence-corrected chi connectivity index (χ1v) is 8.52. The molecule has 3 heterocycles. The molecule has 3 rings (SSSR count). The maximum atomic E-state index is 13.4. The largest absolute Gasteiger partial charge is 0.408 e. The van der Waals surface area contributed by atoms with E-state index in [9.17, 15) is 13.2 Å². The van der Waals surface area contributed by atoms with E-state index in [0.717, 1.165) is 24.3 Å². The van der Waals surface area contributed by atoms with Crippen LogP contribution in [0.15, 0.2) is 12.3 Å². The molecule has 0 aliphatic carbocycles. The Morgan fingerprint density at radius 3 is 2.76 bits per heavy atom. The van der Waals surface area contributed by atoms with E-state index in [4.69, 9.17) is 21.1 Å². The Labute approximate surface area is 148 Å². The Morgan fingerprint density at radius 1 is 1.36 bits per heavy atom. The van der Waals surface area contributed by atoms with Crippen LogP contribution in [0.5, 0.6) is 0 Å². The second-order valence-corrected chi connectivity index (χ2v) is 6.52. The molecule has 2 aromatic heterocycles. The molecule has 138 valence electrons. The van der Waals surface area contributed by atoms with Gasteiger partial charge in [0.05, 0.1) is 11.7 Å². The average molecular weight is 378 g/mol. The lowest BCUT2D eigenvalue weighted by Gasteiger charge is -2.27. The SMILES string of the molecule is CC(O[C@@H]1CCCCO1)c1nc2cnc(Cl)cc2n1[C@H](C)C(F)(F)F. The minimum absolute atomic E-state index is 0.110. The molecule has 0 saturated carbocycles. The van der Waals surface area contributed by atoms with E-state index in [0.29, 0.717) is 18.5 Å². The zero-order valence-corrected chi connectivity index (χ0v) is 14.6. The predicted octanol–water partition coefficient (Wildman–Crippen LogP) is 4.81. The zero-order valence-electron chi connectivity index (χ0n) is 13.9. The van der Waals surface area contributed by atoms with Gasteiger partial charge in [0.15, 0.2) is 6.29 Å². The Bertz CT molecular complexity index is 744. The van der Waals surface area contributed by atoms with Gasteiger partial charge >= 0.3 is 6.18 Å². The number of alkyl halides is 3. The highest BCUT2D eigenvalue weighted by Gasteiger charge is 2.40. The number of fused-ring (bicyclic) bond motifs is 1. The first-order valence-electron chi connectivity index (χ1n) is 8.14. The lowest BCUT2D eigenvalue weighted by molar-refractivity contribution is -0.190. The molecule has 1 saturated heterocycles. The van der Waals surface area contributed by atoms with E-state index in [2.05, 4.69) is 9.97 Å². The summed E-state index contributed by atoms with van der Waals surface area (Å²) in [5.41, 5.74) is 0.621. The number of ether oxygens (including phenoxy) is 2. The molecule has 1 aliphatic heterocycles. The van der Waals surface area contributed by atoms with Crippen LogP contribution in [0.25, 0.3) is 11.0 Å². The van der Waals surface area contributed by atoms with Crippen molar-refractivity contribution in [2.45, 2.75) is 57.7 Å². The van der Waals surface area contributed by atoms with Crippen molar-refractivity contribution >= 4 is 22.6 Å². The molecule has 3 atom stereocenters. The molecule has 0 bridgehead atoms. The molecule has 1 unspecified atom stereocenters. The molecular formula is C16H19ClF3N3O2. The molecule has 0 amide bonds. The van der Waals surface area contributed by atoms with Crippen LogP contribution in [0.4, 0.5) is 13.2 Å². The predicted molar refractivity (Wildman–Crippen MR) is 86.4 cm³/mol. The van der Waals surface area contributed by atoms with E-state index < -0.39 is 24.6 Å². The minimum Gasteiger partial charge on any atom is -0.353 e. The van der Waals surface area contributed by atoms with Crippen molar-refractivity contribution in [3.8, 4) is 0 Å². The minimum atomic E-state index is -4.43. The summed E-state index contributed by atoms with van der Waals surface area (Å²) < 4.78 is 52.6. The smallest absolute Gasteiger partial charge is 0.353 e. The Kier molecular flexibility index (Phi) is 5.22. The second-order valence-electron chi connectivity index (χ2n) is 6.13. The summed E-state index contributed by atoms with van der Waals surface area (Å²) in [5, 5.41) is 0.110. The topological polar surface area (TPSA) is 49.2 Å². The molecule has 0 radical (unpaired) electrons. The number of hydrogen-bond donors (Lipinski definition) is 0. The van der Waals surface area contributed by atoms with E-state index in [1.165, 1.54) is 12.3 Å². The van der Waals surface area contributed by atoms with Gasteiger partial charge in [-0.1, -0.05) is 11.6 Å². The number of halogens is 4. The van der Waals surface area contributed by atoms with Crippen LogP contribution in [-0.2, 0) is 9.47 Å². The molecule has 0 spiro atoms. The van der Waals surface area contributed by atoms with Gasteiger partial charge in [-0.05, 0) is 33.1 Å². The Morgan fingerprint density at radius 2 is 2.12 bits per heavy atom. The van der Waals surface area contributed by atoms with Gasteiger partial charge in [0.1, 0.15) is 28.6 Å². The van der Waals surface area contributed by atoms with Crippen molar-refractivity contribution in [2.24, 2.45) is 0 Å². The number of rotatable bonds is 4. The van der Waals surface area contributed by atoms with Gasteiger partial charge in [-0.15, -0.1) is 0 Å². The summed E-state index contributed by atoms with van der Waals surface area (Å²) in [5.74, 6) is 0.179. The van der Waals surface area contributed by atoms with E-state index >= 15 is 0 Å². The highest BCUT2D eigenvalue weighted by Crippen LogP contribution is 2.36. The van der Waals surface area contributed by atoms with E-state index in [-0.39, 0.29) is 16.5 Å². The molecule has 2 aromatic rings. The van der Waals surface area contributed by atoms with Crippen LogP contribution in [0.3, 0.4) is 0 Å². The van der Waals surface area contributed by atoms with Crippen LogP contribution in [0, 0.1) is 0 Å². The molecule has 9 heteroatoms. The highest BCUT2D eigenvalue weighted by atomic mass is 35.5. The van der Waals surface area contributed by atoms with Crippen LogP contribution in [-0.4, -0.2) is 33.6 Å². The summed E-state index contributed by atoms with van der Waals surface area (Å²) in [7, 11) is 0. The third-order valence-corrected chi connectivity index (χ3v) is 4.49. The van der Waals surface area contributed by atoms with Crippen molar-refractivity contribution in [1.82, 2.24) is 14.5 Å². The van der Waals surface area contributed by atoms with Crippen LogP contribution < -0.4 is 0 Å². The number of nitrogens with zero attached hydrogens (tertiary/aromatic N) is 3. The van der Waals surface area contributed by atoms with Crippen LogP contribution in [0.1, 0.15) is 51.1 Å². The number of aromatic nitrogens is 3. The molecule has 0 N–H and O–H groups in total. The fraction of sp³-hybridized carbons (Fsp3) is 0.625. The molecule has 1 fully saturated rings. The Hall–Kier alpha value is -1.38. The average Bonchev–Trinajstić information content (AvgIpc) is 2.92. The van der Waals surface area contributed by atoms with Gasteiger partial charge in [0, 0.05) is 12.7 Å². The summed E-state index contributed by atoms with van der Waals surface area (Å²) in [4.78, 5) is 8.22. The number of hydrogen-bond acceptors (Lipinski definition) is 4. The van der Waals surface area contributed by atoms with Crippen molar-refractivity contribution < 1.29 is 22.6 Å². The fourth-order valence-electron chi connectivity index (χ4n) is 2.94. The number of imidazole rings is 1. The summed E-state index contributed by atoms with van der Waals surface area (Å²) in [6.07, 6.45) is -1.52. The maximum Gasteiger partial charge on any atom is 0.408 e. The van der Waals surface area contributed by atoms with Gasteiger partial charge in [0.2, 0.25) is 0 Å².